The van der Waals surface area contributed by atoms with Gasteiger partial charge in [0.25, 0.3) is 0 Å². The number of unbranched alkanes of at least 4 members (excludes halogenated alkanes) is 3. The molecule has 1 aliphatic heterocycles. The zero-order valence-corrected chi connectivity index (χ0v) is 22.3. The van der Waals surface area contributed by atoms with Crippen LogP contribution in [0.1, 0.15) is 80.1 Å². The number of nitrogens with zero attached hydrogens (tertiary/aromatic N) is 1. The van der Waals surface area contributed by atoms with E-state index in [-0.39, 0.29) is 41.6 Å². The first-order chi connectivity index (χ1) is 15.9. The highest BCUT2D eigenvalue weighted by Crippen LogP contribution is 2.45. The van der Waals surface area contributed by atoms with Crippen LogP contribution in [0.2, 0.25) is 0 Å². The van der Waals surface area contributed by atoms with Crippen LogP contribution < -0.4 is 10.6 Å². The zero-order valence-electron chi connectivity index (χ0n) is 22.3. The van der Waals surface area contributed by atoms with Gasteiger partial charge in [-0.15, -0.1) is 0 Å². The highest BCUT2D eigenvalue weighted by atomic mass is 16.3. The number of hydrogen-bond acceptors (Lipinski definition) is 4. The van der Waals surface area contributed by atoms with Crippen LogP contribution in [-0.2, 0) is 14.4 Å². The Morgan fingerprint density at radius 2 is 1.68 bits per heavy atom. The van der Waals surface area contributed by atoms with E-state index in [0.717, 1.165) is 38.5 Å². The number of carbonyl (C=O) groups is 3. The quantitative estimate of drug-likeness (QED) is 0.314. The molecule has 194 valence electrons. The van der Waals surface area contributed by atoms with E-state index in [1.165, 1.54) is 0 Å². The molecule has 3 amide bonds. The molecule has 7 heteroatoms. The monoisotopic (exact) mass is 477 g/mol. The van der Waals surface area contributed by atoms with E-state index < -0.39 is 23.4 Å². The molecule has 0 aromatic carbocycles. The standard InChI is InChI=1S/C27H47N3O4/c1-8-18-13-14-19-21(20(18)23(32)28-7)25(34)30(15-11-9-10-12-16-31)22(19)24(33)29-27(5,6)17-26(2,3)4/h13-14,18-22,31H,8-12,15-17H2,1-7H3,(H,28,32)(H,29,33)/t18-,19+,20-,21+,22+/m1/s1. The van der Waals surface area contributed by atoms with Crippen LogP contribution in [0, 0.1) is 29.1 Å². The molecule has 0 aromatic rings. The molecule has 3 N–H and O–H groups in total. The number of likely N-dealkylation sites (tertiary alicyclic amines) is 1. The lowest BCUT2D eigenvalue weighted by molar-refractivity contribution is -0.141. The van der Waals surface area contributed by atoms with Crippen molar-refractivity contribution in [1.29, 1.82) is 0 Å². The normalized spacial score (nSPS) is 27.0. The maximum absolute atomic E-state index is 13.8. The predicted octanol–water partition coefficient (Wildman–Crippen LogP) is 3.27. The molecule has 1 heterocycles. The second-order valence-electron chi connectivity index (χ2n) is 11.9. The largest absolute Gasteiger partial charge is 0.396 e. The van der Waals surface area contributed by atoms with Crippen LogP contribution in [0.5, 0.6) is 0 Å². The number of hydrogen-bond donors (Lipinski definition) is 3. The number of aliphatic hydroxyl groups excluding tert-OH is 1. The van der Waals surface area contributed by atoms with Crippen molar-refractivity contribution >= 4 is 17.7 Å². The summed E-state index contributed by atoms with van der Waals surface area (Å²) in [6.45, 7) is 13.2. The molecule has 1 saturated heterocycles. The zero-order chi connectivity index (χ0) is 25.7. The van der Waals surface area contributed by atoms with Crippen molar-refractivity contribution in [2.24, 2.45) is 29.1 Å². The van der Waals surface area contributed by atoms with E-state index in [0.29, 0.717) is 6.54 Å². The van der Waals surface area contributed by atoms with Crippen molar-refractivity contribution in [3.63, 3.8) is 0 Å². The Morgan fingerprint density at radius 3 is 2.24 bits per heavy atom. The van der Waals surface area contributed by atoms with Gasteiger partial charge in [-0.05, 0) is 50.9 Å². The topological polar surface area (TPSA) is 98.7 Å². The minimum absolute atomic E-state index is 0.0179. The molecule has 7 nitrogen and oxygen atoms in total. The van der Waals surface area contributed by atoms with Crippen molar-refractivity contribution in [2.45, 2.75) is 91.6 Å². The van der Waals surface area contributed by atoms with Gasteiger partial charge in [0.05, 0.1) is 11.8 Å². The van der Waals surface area contributed by atoms with Crippen molar-refractivity contribution in [3.05, 3.63) is 12.2 Å². The van der Waals surface area contributed by atoms with E-state index in [2.05, 4.69) is 31.4 Å². The smallest absolute Gasteiger partial charge is 0.243 e. The Balaban J connectivity index is 2.35. The van der Waals surface area contributed by atoms with Crippen molar-refractivity contribution < 1.29 is 19.5 Å². The Bertz CT molecular complexity index is 755. The third-order valence-electron chi connectivity index (χ3n) is 7.14. The third-order valence-corrected chi connectivity index (χ3v) is 7.14. The van der Waals surface area contributed by atoms with Gasteiger partial charge in [0.15, 0.2) is 0 Å². The summed E-state index contributed by atoms with van der Waals surface area (Å²) in [4.78, 5) is 42.1. The summed E-state index contributed by atoms with van der Waals surface area (Å²) in [5, 5.41) is 15.0. The van der Waals surface area contributed by atoms with Gasteiger partial charge in [-0.2, -0.15) is 0 Å². The second-order valence-corrected chi connectivity index (χ2v) is 11.9. The van der Waals surface area contributed by atoms with Crippen molar-refractivity contribution in [1.82, 2.24) is 15.5 Å². The van der Waals surface area contributed by atoms with Crippen LogP contribution in [0.3, 0.4) is 0 Å². The molecule has 0 saturated carbocycles. The maximum atomic E-state index is 13.8. The third kappa shape index (κ3) is 6.83. The molecule has 1 fully saturated rings. The molecule has 2 aliphatic rings. The molecular weight excluding hydrogens is 430 g/mol. The summed E-state index contributed by atoms with van der Waals surface area (Å²) in [6, 6.07) is -0.615. The van der Waals surface area contributed by atoms with Crippen LogP contribution in [-0.4, -0.2) is 59.5 Å². The Labute approximate surface area is 206 Å². The second kappa shape index (κ2) is 11.7. The van der Waals surface area contributed by atoms with Crippen molar-refractivity contribution in [3.8, 4) is 0 Å². The fraction of sp³-hybridized carbons (Fsp3) is 0.815. The van der Waals surface area contributed by atoms with E-state index in [1.54, 1.807) is 11.9 Å². The molecule has 0 unspecified atom stereocenters. The van der Waals surface area contributed by atoms with Gasteiger partial charge in [-0.3, -0.25) is 14.4 Å². The first-order valence-corrected chi connectivity index (χ1v) is 13.0. The Morgan fingerprint density at radius 1 is 1.03 bits per heavy atom. The lowest BCUT2D eigenvalue weighted by Gasteiger charge is -2.37. The minimum Gasteiger partial charge on any atom is -0.396 e. The van der Waals surface area contributed by atoms with Gasteiger partial charge >= 0.3 is 0 Å². The summed E-state index contributed by atoms with van der Waals surface area (Å²) in [7, 11) is 1.61. The highest BCUT2D eigenvalue weighted by molar-refractivity contribution is 5.97. The van der Waals surface area contributed by atoms with Crippen LogP contribution >= 0.6 is 0 Å². The summed E-state index contributed by atoms with van der Waals surface area (Å²) in [5.74, 6) is -1.67. The Kier molecular flexibility index (Phi) is 9.75. The van der Waals surface area contributed by atoms with Crippen molar-refractivity contribution in [2.75, 3.05) is 20.2 Å². The van der Waals surface area contributed by atoms with Gasteiger partial charge in [0.2, 0.25) is 17.7 Å². The maximum Gasteiger partial charge on any atom is 0.243 e. The molecule has 34 heavy (non-hydrogen) atoms. The first kappa shape index (κ1) is 28.3. The first-order valence-electron chi connectivity index (χ1n) is 13.0. The average Bonchev–Trinajstić information content (AvgIpc) is 3.02. The summed E-state index contributed by atoms with van der Waals surface area (Å²) >= 11 is 0. The number of rotatable bonds is 11. The summed E-state index contributed by atoms with van der Waals surface area (Å²) < 4.78 is 0. The predicted molar refractivity (Wildman–Crippen MR) is 135 cm³/mol. The van der Waals surface area contributed by atoms with Gasteiger partial charge in [-0.1, -0.05) is 52.7 Å². The summed E-state index contributed by atoms with van der Waals surface area (Å²) in [6.07, 6.45) is 8.91. The molecular formula is C27H47N3O4. The number of fused-ring (bicyclic) bond motifs is 1. The molecule has 5 atom stereocenters. The number of nitrogens with one attached hydrogen (secondary N) is 2. The number of amides is 3. The lowest BCUT2D eigenvalue weighted by Crippen LogP contribution is -2.54. The molecule has 1 aliphatic carbocycles. The lowest BCUT2D eigenvalue weighted by atomic mass is 9.68. The minimum atomic E-state index is -0.615. The van der Waals surface area contributed by atoms with E-state index in [9.17, 15) is 14.4 Å². The highest BCUT2D eigenvalue weighted by Gasteiger charge is 2.57. The molecule has 0 bridgehead atoms. The van der Waals surface area contributed by atoms with Gasteiger partial charge in [0.1, 0.15) is 6.04 Å². The molecule has 0 radical (unpaired) electrons. The average molecular weight is 478 g/mol. The molecule has 2 rings (SSSR count). The van der Waals surface area contributed by atoms with Crippen LogP contribution in [0.4, 0.5) is 0 Å². The van der Waals surface area contributed by atoms with Crippen LogP contribution in [0.25, 0.3) is 0 Å². The molecule has 0 aromatic heterocycles. The summed E-state index contributed by atoms with van der Waals surface area (Å²) in [5.41, 5.74) is -0.381. The van der Waals surface area contributed by atoms with Crippen LogP contribution in [0.15, 0.2) is 12.2 Å². The fourth-order valence-electron chi connectivity index (χ4n) is 6.18. The Hall–Kier alpha value is -1.89. The number of aliphatic hydroxyl groups is 1. The number of carbonyl (C=O) groups excluding carboxylic acids is 3. The van der Waals surface area contributed by atoms with E-state index in [4.69, 9.17) is 5.11 Å². The number of allylic oxidation sites excluding steroid dienone is 1. The SMILES string of the molecule is CC[C@@H]1C=C[C@H]2[C@H](C(=O)N(CCCCCCO)[C@@H]2C(=O)NC(C)(C)CC(C)(C)C)[C@@H]1C(=O)NC. The molecule has 0 spiro atoms. The van der Waals surface area contributed by atoms with Gasteiger partial charge in [-0.25, -0.2) is 0 Å². The van der Waals surface area contributed by atoms with E-state index in [1.807, 2.05) is 32.9 Å². The van der Waals surface area contributed by atoms with Gasteiger partial charge in [0, 0.05) is 31.7 Å². The van der Waals surface area contributed by atoms with E-state index >= 15 is 0 Å². The van der Waals surface area contributed by atoms with Gasteiger partial charge < -0.3 is 20.6 Å². The fourth-order valence-corrected chi connectivity index (χ4v) is 6.18.